The highest BCUT2D eigenvalue weighted by Gasteiger charge is 2.18. The summed E-state index contributed by atoms with van der Waals surface area (Å²) in [5.74, 6) is 1.23. The molecule has 4 heteroatoms. The summed E-state index contributed by atoms with van der Waals surface area (Å²) in [6.07, 6.45) is 0. The summed E-state index contributed by atoms with van der Waals surface area (Å²) in [6, 6.07) is 7.02. The molecule has 4 nitrogen and oxygen atoms in total. The zero-order valence-corrected chi connectivity index (χ0v) is 11.3. The molecule has 0 radical (unpaired) electrons. The van der Waals surface area contributed by atoms with Gasteiger partial charge in [-0.1, -0.05) is 0 Å². The number of aryl methyl sites for hydroxylation is 2. The molecule has 0 amide bonds. The van der Waals surface area contributed by atoms with Crippen molar-refractivity contribution in [3.05, 3.63) is 52.5 Å². The van der Waals surface area contributed by atoms with E-state index in [1.807, 2.05) is 26.0 Å². The van der Waals surface area contributed by atoms with E-state index in [9.17, 15) is 4.79 Å². The lowest BCUT2D eigenvalue weighted by Gasteiger charge is -2.10. The lowest BCUT2D eigenvalue weighted by molar-refractivity contribution is 0.100. The van der Waals surface area contributed by atoms with Crippen LogP contribution >= 0.6 is 0 Å². The minimum atomic E-state index is -0.195. The summed E-state index contributed by atoms with van der Waals surface area (Å²) in [6.45, 7) is 4.21. The van der Waals surface area contributed by atoms with Crippen LogP contribution in [0.1, 0.15) is 33.0 Å². The number of rotatable bonds is 4. The van der Waals surface area contributed by atoms with E-state index in [1.54, 1.807) is 19.2 Å². The SMILES string of the molecule is COc1cc(C)c(C)cc1C(=O)c1ccc(CN)o1. The van der Waals surface area contributed by atoms with Crippen molar-refractivity contribution in [1.82, 2.24) is 0 Å². The van der Waals surface area contributed by atoms with E-state index in [0.29, 0.717) is 17.1 Å². The first-order valence-corrected chi connectivity index (χ1v) is 6.05. The van der Waals surface area contributed by atoms with Gasteiger partial charge in [0, 0.05) is 0 Å². The molecule has 0 bridgehead atoms. The third kappa shape index (κ3) is 2.53. The standard InChI is InChI=1S/C15H17NO3/c1-9-6-12(14(18-3)7-10(9)2)15(17)13-5-4-11(8-16)19-13/h4-7H,8,16H2,1-3H3. The van der Waals surface area contributed by atoms with Gasteiger partial charge in [0.2, 0.25) is 5.78 Å². The van der Waals surface area contributed by atoms with Gasteiger partial charge in [-0.25, -0.2) is 0 Å². The van der Waals surface area contributed by atoms with Crippen molar-refractivity contribution in [2.45, 2.75) is 20.4 Å². The van der Waals surface area contributed by atoms with Gasteiger partial charge in [0.15, 0.2) is 5.76 Å². The highest BCUT2D eigenvalue weighted by atomic mass is 16.5. The molecular formula is C15H17NO3. The van der Waals surface area contributed by atoms with Crippen LogP contribution in [0.15, 0.2) is 28.7 Å². The largest absolute Gasteiger partial charge is 0.496 e. The Balaban J connectivity index is 2.45. The quantitative estimate of drug-likeness (QED) is 0.857. The molecule has 0 aliphatic heterocycles. The van der Waals surface area contributed by atoms with Gasteiger partial charge in [0.25, 0.3) is 0 Å². The van der Waals surface area contributed by atoms with Gasteiger partial charge in [-0.15, -0.1) is 0 Å². The smallest absolute Gasteiger partial charge is 0.231 e. The first-order chi connectivity index (χ1) is 9.06. The maximum absolute atomic E-state index is 12.4. The Bertz CT molecular complexity index is 614. The molecule has 0 aliphatic carbocycles. The molecule has 2 aromatic rings. The van der Waals surface area contributed by atoms with E-state index in [2.05, 4.69) is 0 Å². The van der Waals surface area contributed by atoms with Gasteiger partial charge in [-0.2, -0.15) is 0 Å². The van der Waals surface area contributed by atoms with Crippen LogP contribution in [0.3, 0.4) is 0 Å². The van der Waals surface area contributed by atoms with Crippen molar-refractivity contribution in [3.63, 3.8) is 0 Å². The number of carbonyl (C=O) groups is 1. The number of ketones is 1. The molecule has 0 saturated heterocycles. The molecule has 0 saturated carbocycles. The number of carbonyl (C=O) groups excluding carboxylic acids is 1. The number of hydrogen-bond donors (Lipinski definition) is 1. The number of methoxy groups -OCH3 is 1. The minimum absolute atomic E-state index is 0.195. The van der Waals surface area contributed by atoms with Crippen LogP contribution in [0.5, 0.6) is 5.75 Å². The third-order valence-corrected chi connectivity index (χ3v) is 3.15. The van der Waals surface area contributed by atoms with Crippen LogP contribution in [-0.4, -0.2) is 12.9 Å². The van der Waals surface area contributed by atoms with Gasteiger partial charge in [-0.3, -0.25) is 4.79 Å². The average Bonchev–Trinajstić information content (AvgIpc) is 2.89. The van der Waals surface area contributed by atoms with Crippen molar-refractivity contribution in [2.24, 2.45) is 5.73 Å². The third-order valence-electron chi connectivity index (χ3n) is 3.15. The summed E-state index contributed by atoms with van der Waals surface area (Å²) in [5, 5.41) is 0. The van der Waals surface area contributed by atoms with E-state index in [1.165, 1.54) is 0 Å². The number of furan rings is 1. The topological polar surface area (TPSA) is 65.5 Å². The second-order valence-corrected chi connectivity index (χ2v) is 4.44. The Morgan fingerprint density at radius 1 is 1.26 bits per heavy atom. The molecule has 2 N–H and O–H groups in total. The van der Waals surface area contributed by atoms with Crippen LogP contribution in [0, 0.1) is 13.8 Å². The van der Waals surface area contributed by atoms with E-state index < -0.39 is 0 Å². The highest BCUT2D eigenvalue weighted by molar-refractivity contribution is 6.09. The average molecular weight is 259 g/mol. The number of benzene rings is 1. The summed E-state index contributed by atoms with van der Waals surface area (Å²) in [5.41, 5.74) is 8.09. The fourth-order valence-corrected chi connectivity index (χ4v) is 1.88. The van der Waals surface area contributed by atoms with Crippen molar-refractivity contribution in [1.29, 1.82) is 0 Å². The zero-order chi connectivity index (χ0) is 14.0. The lowest BCUT2D eigenvalue weighted by Crippen LogP contribution is -2.04. The maximum atomic E-state index is 12.4. The lowest BCUT2D eigenvalue weighted by atomic mass is 10.0. The molecule has 2 rings (SSSR count). The Hall–Kier alpha value is -2.07. The van der Waals surface area contributed by atoms with Crippen molar-refractivity contribution in [2.75, 3.05) is 7.11 Å². The number of hydrogen-bond acceptors (Lipinski definition) is 4. The van der Waals surface area contributed by atoms with Gasteiger partial charge in [0.1, 0.15) is 11.5 Å². The summed E-state index contributed by atoms with van der Waals surface area (Å²) in [4.78, 5) is 12.4. The zero-order valence-electron chi connectivity index (χ0n) is 11.3. The first kappa shape index (κ1) is 13.4. The Morgan fingerprint density at radius 3 is 2.53 bits per heavy atom. The summed E-state index contributed by atoms with van der Waals surface area (Å²) < 4.78 is 10.7. The van der Waals surface area contributed by atoms with Gasteiger partial charge >= 0.3 is 0 Å². The van der Waals surface area contributed by atoms with Gasteiger partial charge < -0.3 is 14.9 Å². The second kappa shape index (κ2) is 5.28. The fourth-order valence-electron chi connectivity index (χ4n) is 1.88. The maximum Gasteiger partial charge on any atom is 0.231 e. The molecule has 1 heterocycles. The normalized spacial score (nSPS) is 10.5. The molecule has 0 spiro atoms. The molecule has 19 heavy (non-hydrogen) atoms. The Morgan fingerprint density at radius 2 is 1.95 bits per heavy atom. The fraction of sp³-hybridized carbons (Fsp3) is 0.267. The van der Waals surface area contributed by atoms with Crippen molar-refractivity contribution in [3.8, 4) is 5.75 Å². The van der Waals surface area contributed by atoms with Crippen LogP contribution in [0.2, 0.25) is 0 Å². The molecule has 0 atom stereocenters. The van der Waals surface area contributed by atoms with E-state index >= 15 is 0 Å². The van der Waals surface area contributed by atoms with Gasteiger partial charge in [-0.05, 0) is 49.2 Å². The predicted octanol–water partition coefficient (Wildman–Crippen LogP) is 2.59. The first-order valence-electron chi connectivity index (χ1n) is 6.05. The summed E-state index contributed by atoms with van der Waals surface area (Å²) in [7, 11) is 1.55. The number of nitrogens with two attached hydrogens (primary N) is 1. The Labute approximate surface area is 112 Å². The van der Waals surface area contributed by atoms with Crippen molar-refractivity contribution >= 4 is 5.78 Å². The molecule has 100 valence electrons. The van der Waals surface area contributed by atoms with Crippen LogP contribution in [-0.2, 0) is 6.54 Å². The monoisotopic (exact) mass is 259 g/mol. The predicted molar refractivity (Wildman–Crippen MR) is 72.5 cm³/mol. The van der Waals surface area contributed by atoms with Gasteiger partial charge in [0.05, 0.1) is 19.2 Å². The van der Waals surface area contributed by atoms with Crippen LogP contribution in [0.4, 0.5) is 0 Å². The van der Waals surface area contributed by atoms with E-state index in [-0.39, 0.29) is 18.1 Å². The van der Waals surface area contributed by atoms with Crippen molar-refractivity contribution < 1.29 is 13.9 Å². The molecule has 0 unspecified atom stereocenters. The number of ether oxygens (including phenoxy) is 1. The van der Waals surface area contributed by atoms with E-state index in [0.717, 1.165) is 11.1 Å². The molecule has 1 aromatic carbocycles. The second-order valence-electron chi connectivity index (χ2n) is 4.44. The minimum Gasteiger partial charge on any atom is -0.496 e. The summed E-state index contributed by atoms with van der Waals surface area (Å²) >= 11 is 0. The Kier molecular flexibility index (Phi) is 3.71. The van der Waals surface area contributed by atoms with Crippen LogP contribution < -0.4 is 10.5 Å². The molecule has 0 fully saturated rings. The molecule has 1 aromatic heterocycles. The van der Waals surface area contributed by atoms with Crippen LogP contribution in [0.25, 0.3) is 0 Å². The molecular weight excluding hydrogens is 242 g/mol. The highest BCUT2D eigenvalue weighted by Crippen LogP contribution is 2.26. The molecule has 0 aliphatic rings. The van der Waals surface area contributed by atoms with E-state index in [4.69, 9.17) is 14.9 Å².